The van der Waals surface area contributed by atoms with E-state index in [1.807, 2.05) is 6.92 Å². The number of amides is 1. The van der Waals surface area contributed by atoms with E-state index in [1.54, 1.807) is 25.1 Å². The predicted octanol–water partition coefficient (Wildman–Crippen LogP) is 1.76. The Labute approximate surface area is 94.1 Å². The molecule has 0 fully saturated rings. The van der Waals surface area contributed by atoms with Gasteiger partial charge in [-0.05, 0) is 37.6 Å². The summed E-state index contributed by atoms with van der Waals surface area (Å²) in [6.45, 7) is 3.71. The second-order valence-corrected chi connectivity index (χ2v) is 3.93. The summed E-state index contributed by atoms with van der Waals surface area (Å²) in [5, 5.41) is 12.3. The van der Waals surface area contributed by atoms with Crippen molar-refractivity contribution in [1.82, 2.24) is 5.32 Å². The third-order valence-corrected chi connectivity index (χ3v) is 2.40. The summed E-state index contributed by atoms with van der Waals surface area (Å²) in [5.74, 6) is -0.198. The van der Waals surface area contributed by atoms with E-state index < -0.39 is 6.10 Å². The van der Waals surface area contributed by atoms with Crippen molar-refractivity contribution in [1.29, 1.82) is 0 Å². The molecule has 0 radical (unpaired) electrons. The molecule has 15 heavy (non-hydrogen) atoms. The molecule has 3 nitrogen and oxygen atoms in total. The van der Waals surface area contributed by atoms with Gasteiger partial charge in [-0.3, -0.25) is 4.79 Å². The maximum Gasteiger partial charge on any atom is 0.251 e. The van der Waals surface area contributed by atoms with Gasteiger partial charge in [0, 0.05) is 17.1 Å². The molecule has 0 saturated heterocycles. The first-order valence-corrected chi connectivity index (χ1v) is 5.11. The average molecular weight is 228 g/mol. The molecule has 0 heterocycles. The van der Waals surface area contributed by atoms with E-state index in [0.29, 0.717) is 10.6 Å². The van der Waals surface area contributed by atoms with Crippen LogP contribution in [0.4, 0.5) is 0 Å². The van der Waals surface area contributed by atoms with Crippen molar-refractivity contribution in [3.05, 3.63) is 34.3 Å². The highest BCUT2D eigenvalue weighted by molar-refractivity contribution is 6.31. The topological polar surface area (TPSA) is 49.3 Å². The minimum atomic E-state index is -0.539. The maximum absolute atomic E-state index is 11.5. The minimum Gasteiger partial charge on any atom is -0.392 e. The van der Waals surface area contributed by atoms with Gasteiger partial charge in [0.05, 0.1) is 6.10 Å². The molecule has 0 aliphatic carbocycles. The number of carbonyl (C=O) groups excluding carboxylic acids is 1. The molecule has 4 heteroatoms. The zero-order chi connectivity index (χ0) is 11.4. The zero-order valence-electron chi connectivity index (χ0n) is 8.75. The van der Waals surface area contributed by atoms with Crippen LogP contribution in [0.3, 0.4) is 0 Å². The number of aryl methyl sites for hydroxylation is 1. The summed E-state index contributed by atoms with van der Waals surface area (Å²) in [6, 6.07) is 5.07. The van der Waals surface area contributed by atoms with Gasteiger partial charge in [-0.25, -0.2) is 0 Å². The summed E-state index contributed by atoms with van der Waals surface area (Å²) in [6.07, 6.45) is -0.539. The Morgan fingerprint density at radius 3 is 2.80 bits per heavy atom. The van der Waals surface area contributed by atoms with Crippen LogP contribution in [0.15, 0.2) is 18.2 Å². The standard InChI is InChI=1S/C11H14ClNO2/c1-7-5-9(3-4-10(7)12)11(15)13-6-8(2)14/h3-5,8,14H,6H2,1-2H3,(H,13,15)/t8-/m0/s1. The van der Waals surface area contributed by atoms with E-state index in [9.17, 15) is 4.79 Å². The molecule has 1 rings (SSSR count). The van der Waals surface area contributed by atoms with Crippen LogP contribution in [0.1, 0.15) is 22.8 Å². The van der Waals surface area contributed by atoms with E-state index >= 15 is 0 Å². The first-order valence-electron chi connectivity index (χ1n) is 4.73. The van der Waals surface area contributed by atoms with Crippen LogP contribution in [-0.2, 0) is 0 Å². The molecule has 0 spiro atoms. The number of halogens is 1. The van der Waals surface area contributed by atoms with Crippen molar-refractivity contribution in [3.8, 4) is 0 Å². The van der Waals surface area contributed by atoms with Gasteiger partial charge in [0.2, 0.25) is 0 Å². The van der Waals surface area contributed by atoms with Crippen molar-refractivity contribution in [2.45, 2.75) is 20.0 Å². The highest BCUT2D eigenvalue weighted by Crippen LogP contribution is 2.16. The Kier molecular flexibility index (Phi) is 4.12. The number of rotatable bonds is 3. The molecule has 82 valence electrons. The fourth-order valence-corrected chi connectivity index (χ4v) is 1.25. The van der Waals surface area contributed by atoms with Crippen LogP contribution < -0.4 is 5.32 Å². The van der Waals surface area contributed by atoms with Crippen LogP contribution in [0, 0.1) is 6.92 Å². The summed E-state index contributed by atoms with van der Waals surface area (Å²) >= 11 is 5.84. The number of aliphatic hydroxyl groups is 1. The molecule has 2 N–H and O–H groups in total. The lowest BCUT2D eigenvalue weighted by molar-refractivity contribution is 0.0924. The van der Waals surface area contributed by atoms with Crippen molar-refractivity contribution in [3.63, 3.8) is 0 Å². The highest BCUT2D eigenvalue weighted by Gasteiger charge is 2.07. The molecular weight excluding hydrogens is 214 g/mol. The van der Waals surface area contributed by atoms with Gasteiger partial charge < -0.3 is 10.4 Å². The van der Waals surface area contributed by atoms with Crippen LogP contribution in [-0.4, -0.2) is 23.7 Å². The van der Waals surface area contributed by atoms with Crippen LogP contribution in [0.5, 0.6) is 0 Å². The molecule has 0 aliphatic heterocycles. The Hall–Kier alpha value is -1.06. The lowest BCUT2D eigenvalue weighted by Crippen LogP contribution is -2.30. The molecule has 0 aromatic heterocycles. The van der Waals surface area contributed by atoms with Gasteiger partial charge in [-0.15, -0.1) is 0 Å². The second kappa shape index (κ2) is 5.14. The monoisotopic (exact) mass is 227 g/mol. The van der Waals surface area contributed by atoms with E-state index in [1.165, 1.54) is 0 Å². The van der Waals surface area contributed by atoms with Crippen molar-refractivity contribution >= 4 is 17.5 Å². The zero-order valence-corrected chi connectivity index (χ0v) is 9.51. The normalized spacial score (nSPS) is 12.3. The summed E-state index contributed by atoms with van der Waals surface area (Å²) in [5.41, 5.74) is 1.42. The van der Waals surface area contributed by atoms with Gasteiger partial charge in [0.1, 0.15) is 0 Å². The average Bonchev–Trinajstić information content (AvgIpc) is 2.18. The summed E-state index contributed by atoms with van der Waals surface area (Å²) in [4.78, 5) is 11.5. The lowest BCUT2D eigenvalue weighted by atomic mass is 10.1. The van der Waals surface area contributed by atoms with Crippen LogP contribution >= 0.6 is 11.6 Å². The van der Waals surface area contributed by atoms with Crippen LogP contribution in [0.2, 0.25) is 5.02 Å². The quantitative estimate of drug-likeness (QED) is 0.827. The molecule has 1 atom stereocenters. The van der Waals surface area contributed by atoms with E-state index in [0.717, 1.165) is 5.56 Å². The van der Waals surface area contributed by atoms with Crippen molar-refractivity contribution < 1.29 is 9.90 Å². The molecule has 1 amide bonds. The number of nitrogens with one attached hydrogen (secondary N) is 1. The van der Waals surface area contributed by atoms with Gasteiger partial charge in [0.15, 0.2) is 0 Å². The van der Waals surface area contributed by atoms with E-state index in [2.05, 4.69) is 5.32 Å². The van der Waals surface area contributed by atoms with E-state index in [-0.39, 0.29) is 12.5 Å². The molecule has 1 aromatic carbocycles. The predicted molar refractivity (Wildman–Crippen MR) is 60.2 cm³/mol. The van der Waals surface area contributed by atoms with Gasteiger partial charge in [0.25, 0.3) is 5.91 Å². The molecule has 0 saturated carbocycles. The third-order valence-electron chi connectivity index (χ3n) is 1.98. The smallest absolute Gasteiger partial charge is 0.251 e. The number of benzene rings is 1. The van der Waals surface area contributed by atoms with Crippen LogP contribution in [0.25, 0.3) is 0 Å². The molecule has 1 aromatic rings. The van der Waals surface area contributed by atoms with Gasteiger partial charge >= 0.3 is 0 Å². The van der Waals surface area contributed by atoms with Crippen molar-refractivity contribution in [2.24, 2.45) is 0 Å². The number of hydrogen-bond acceptors (Lipinski definition) is 2. The first kappa shape index (κ1) is 12.0. The number of hydrogen-bond donors (Lipinski definition) is 2. The van der Waals surface area contributed by atoms with Gasteiger partial charge in [-0.2, -0.15) is 0 Å². The fourth-order valence-electron chi connectivity index (χ4n) is 1.13. The molecule has 0 bridgehead atoms. The Morgan fingerprint density at radius 2 is 2.27 bits per heavy atom. The maximum atomic E-state index is 11.5. The number of aliphatic hydroxyl groups excluding tert-OH is 1. The Morgan fingerprint density at radius 1 is 1.60 bits per heavy atom. The summed E-state index contributed by atoms with van der Waals surface area (Å²) < 4.78 is 0. The third kappa shape index (κ3) is 3.53. The molecule has 0 aliphatic rings. The Bertz CT molecular complexity index is 364. The minimum absolute atomic E-state index is 0.198. The Balaban J connectivity index is 2.70. The molecule has 0 unspecified atom stereocenters. The summed E-state index contributed by atoms with van der Waals surface area (Å²) in [7, 11) is 0. The largest absolute Gasteiger partial charge is 0.392 e. The van der Waals surface area contributed by atoms with E-state index in [4.69, 9.17) is 16.7 Å². The SMILES string of the molecule is Cc1cc(C(=O)NC[C@H](C)O)ccc1Cl. The van der Waals surface area contributed by atoms with Crippen molar-refractivity contribution in [2.75, 3.05) is 6.54 Å². The number of carbonyl (C=O) groups is 1. The fraction of sp³-hybridized carbons (Fsp3) is 0.364. The lowest BCUT2D eigenvalue weighted by Gasteiger charge is -2.07. The second-order valence-electron chi connectivity index (χ2n) is 3.52. The highest BCUT2D eigenvalue weighted by atomic mass is 35.5. The molecular formula is C11H14ClNO2. The van der Waals surface area contributed by atoms with Gasteiger partial charge in [-0.1, -0.05) is 11.6 Å². The first-order chi connectivity index (χ1) is 7.00.